The second-order valence-corrected chi connectivity index (χ2v) is 4.41. The number of hydrogen-bond donors (Lipinski definition) is 1. The second kappa shape index (κ2) is 5.80. The van der Waals surface area contributed by atoms with Crippen molar-refractivity contribution in [1.29, 1.82) is 0 Å². The number of anilines is 1. The van der Waals surface area contributed by atoms with E-state index in [1.165, 1.54) is 4.90 Å². The summed E-state index contributed by atoms with van der Waals surface area (Å²) >= 11 is 0. The fraction of sp³-hybridized carbons (Fsp3) is 0.462. The van der Waals surface area contributed by atoms with E-state index in [9.17, 15) is 13.6 Å². The number of nitrogens with two attached hydrogens (primary N) is 1. The number of benzene rings is 1. The summed E-state index contributed by atoms with van der Waals surface area (Å²) in [6.45, 7) is 3.91. The van der Waals surface area contributed by atoms with Gasteiger partial charge in [0.05, 0.1) is 5.56 Å². The Labute approximate surface area is 106 Å². The largest absolute Gasteiger partial charge is 0.398 e. The van der Waals surface area contributed by atoms with Crippen molar-refractivity contribution >= 4 is 11.6 Å². The van der Waals surface area contributed by atoms with Gasteiger partial charge in [-0.3, -0.25) is 4.79 Å². The van der Waals surface area contributed by atoms with E-state index in [4.69, 9.17) is 5.73 Å². The van der Waals surface area contributed by atoms with Gasteiger partial charge in [-0.15, -0.1) is 0 Å². The fourth-order valence-electron chi connectivity index (χ4n) is 1.75. The highest BCUT2D eigenvalue weighted by Gasteiger charge is 2.20. The molecule has 0 aliphatic rings. The van der Waals surface area contributed by atoms with Crippen LogP contribution in [0.25, 0.3) is 0 Å². The van der Waals surface area contributed by atoms with E-state index < -0.39 is 17.5 Å². The van der Waals surface area contributed by atoms with Gasteiger partial charge in [-0.05, 0) is 19.4 Å². The van der Waals surface area contributed by atoms with Crippen LogP contribution in [-0.2, 0) is 0 Å². The summed E-state index contributed by atoms with van der Waals surface area (Å²) in [5, 5.41) is 0. The molecule has 0 aliphatic carbocycles. The van der Waals surface area contributed by atoms with Crippen molar-refractivity contribution in [1.82, 2.24) is 4.90 Å². The van der Waals surface area contributed by atoms with Crippen LogP contribution in [0.3, 0.4) is 0 Å². The molecule has 0 fully saturated rings. The maximum Gasteiger partial charge on any atom is 0.256 e. The van der Waals surface area contributed by atoms with E-state index in [0.717, 1.165) is 25.0 Å². The Morgan fingerprint density at radius 1 is 1.39 bits per heavy atom. The summed E-state index contributed by atoms with van der Waals surface area (Å²) in [5.41, 5.74) is 5.50. The van der Waals surface area contributed by atoms with Crippen molar-refractivity contribution in [2.24, 2.45) is 0 Å². The molecule has 0 bridgehead atoms. The van der Waals surface area contributed by atoms with Gasteiger partial charge in [-0.25, -0.2) is 8.78 Å². The molecule has 2 N–H and O–H groups in total. The van der Waals surface area contributed by atoms with Crippen molar-refractivity contribution < 1.29 is 13.6 Å². The Kier molecular flexibility index (Phi) is 4.64. The lowest BCUT2D eigenvalue weighted by Gasteiger charge is -2.25. The van der Waals surface area contributed by atoms with Gasteiger partial charge >= 0.3 is 0 Å². The minimum Gasteiger partial charge on any atom is -0.398 e. The van der Waals surface area contributed by atoms with E-state index in [0.29, 0.717) is 0 Å². The monoisotopic (exact) mass is 256 g/mol. The minimum atomic E-state index is -1.07. The second-order valence-electron chi connectivity index (χ2n) is 4.41. The summed E-state index contributed by atoms with van der Waals surface area (Å²) in [4.78, 5) is 13.6. The molecule has 0 saturated heterocycles. The lowest BCUT2D eigenvalue weighted by atomic mass is 10.1. The third-order valence-electron chi connectivity index (χ3n) is 3.01. The average molecular weight is 256 g/mol. The summed E-state index contributed by atoms with van der Waals surface area (Å²) in [6, 6.07) is 1.71. The van der Waals surface area contributed by atoms with Crippen molar-refractivity contribution in [3.8, 4) is 0 Å². The number of hydrogen-bond acceptors (Lipinski definition) is 2. The van der Waals surface area contributed by atoms with Gasteiger partial charge < -0.3 is 10.6 Å². The van der Waals surface area contributed by atoms with E-state index >= 15 is 0 Å². The number of nitrogen functional groups attached to an aromatic ring is 1. The molecular weight excluding hydrogens is 238 g/mol. The zero-order valence-electron chi connectivity index (χ0n) is 10.8. The quantitative estimate of drug-likeness (QED) is 0.842. The molecular formula is C13H18F2N2O. The summed E-state index contributed by atoms with van der Waals surface area (Å²) in [6.07, 6.45) is 1.78. The van der Waals surface area contributed by atoms with Gasteiger partial charge in [0, 0.05) is 24.8 Å². The van der Waals surface area contributed by atoms with Crippen LogP contribution in [0.5, 0.6) is 0 Å². The Bertz CT molecular complexity index is 449. The van der Waals surface area contributed by atoms with Gasteiger partial charge in [0.15, 0.2) is 11.6 Å². The molecule has 1 atom stereocenters. The van der Waals surface area contributed by atoms with Crippen LogP contribution in [-0.4, -0.2) is 23.9 Å². The number of carbonyl (C=O) groups excluding carboxylic acids is 1. The first kappa shape index (κ1) is 14.4. The molecule has 0 aromatic heterocycles. The molecule has 1 aromatic rings. The van der Waals surface area contributed by atoms with Crippen LogP contribution in [0.1, 0.15) is 37.0 Å². The summed E-state index contributed by atoms with van der Waals surface area (Å²) in [5.74, 6) is -2.51. The van der Waals surface area contributed by atoms with E-state index in [1.54, 1.807) is 7.05 Å². The molecule has 1 aromatic carbocycles. The third kappa shape index (κ3) is 2.97. The Morgan fingerprint density at radius 3 is 2.50 bits per heavy atom. The number of amides is 1. The van der Waals surface area contributed by atoms with Crippen molar-refractivity contribution in [3.63, 3.8) is 0 Å². The number of nitrogens with zero attached hydrogens (tertiary/aromatic N) is 1. The molecule has 0 radical (unpaired) electrons. The zero-order valence-corrected chi connectivity index (χ0v) is 10.8. The Morgan fingerprint density at radius 2 is 1.94 bits per heavy atom. The third-order valence-corrected chi connectivity index (χ3v) is 3.01. The molecule has 0 spiro atoms. The van der Waals surface area contributed by atoms with E-state index in [-0.39, 0.29) is 17.3 Å². The first-order valence-electron chi connectivity index (χ1n) is 5.90. The van der Waals surface area contributed by atoms with Crippen molar-refractivity contribution in [2.75, 3.05) is 12.8 Å². The molecule has 18 heavy (non-hydrogen) atoms. The number of carbonyl (C=O) groups is 1. The molecule has 1 amide bonds. The molecule has 1 unspecified atom stereocenters. The first-order valence-corrected chi connectivity index (χ1v) is 5.90. The number of rotatable bonds is 4. The Balaban J connectivity index is 3.00. The van der Waals surface area contributed by atoms with Gasteiger partial charge in [0.25, 0.3) is 5.91 Å². The van der Waals surface area contributed by atoms with Gasteiger partial charge in [0.2, 0.25) is 0 Å². The number of halogens is 2. The predicted octanol–water partition coefficient (Wildman–Crippen LogP) is 2.81. The molecule has 0 saturated carbocycles. The van der Waals surface area contributed by atoms with Crippen molar-refractivity contribution in [2.45, 2.75) is 32.7 Å². The topological polar surface area (TPSA) is 46.3 Å². The maximum absolute atomic E-state index is 13.1. The van der Waals surface area contributed by atoms with E-state index in [2.05, 4.69) is 0 Å². The van der Waals surface area contributed by atoms with Crippen LogP contribution < -0.4 is 5.73 Å². The summed E-state index contributed by atoms with van der Waals surface area (Å²) in [7, 11) is 1.63. The molecule has 0 aliphatic heterocycles. The normalized spacial score (nSPS) is 12.3. The van der Waals surface area contributed by atoms with Crippen LogP contribution in [0, 0.1) is 11.6 Å². The fourth-order valence-corrected chi connectivity index (χ4v) is 1.75. The summed E-state index contributed by atoms with van der Waals surface area (Å²) < 4.78 is 26.1. The highest BCUT2D eigenvalue weighted by Crippen LogP contribution is 2.20. The smallest absolute Gasteiger partial charge is 0.256 e. The lowest BCUT2D eigenvalue weighted by molar-refractivity contribution is 0.0737. The maximum atomic E-state index is 13.1. The highest BCUT2D eigenvalue weighted by molar-refractivity contribution is 5.99. The van der Waals surface area contributed by atoms with Gasteiger partial charge in [-0.1, -0.05) is 13.3 Å². The van der Waals surface area contributed by atoms with Crippen LogP contribution in [0.15, 0.2) is 12.1 Å². The molecule has 100 valence electrons. The molecule has 0 heterocycles. The van der Waals surface area contributed by atoms with Gasteiger partial charge in [-0.2, -0.15) is 0 Å². The van der Waals surface area contributed by atoms with E-state index in [1.807, 2.05) is 13.8 Å². The molecule has 1 rings (SSSR count). The zero-order chi connectivity index (χ0) is 13.9. The van der Waals surface area contributed by atoms with Crippen molar-refractivity contribution in [3.05, 3.63) is 29.3 Å². The minimum absolute atomic E-state index is 0.000599. The lowest BCUT2D eigenvalue weighted by Crippen LogP contribution is -2.35. The molecule has 5 heteroatoms. The van der Waals surface area contributed by atoms with Crippen LogP contribution in [0.2, 0.25) is 0 Å². The Hall–Kier alpha value is -1.65. The predicted molar refractivity (Wildman–Crippen MR) is 67.2 cm³/mol. The highest BCUT2D eigenvalue weighted by atomic mass is 19.2. The van der Waals surface area contributed by atoms with Gasteiger partial charge in [0.1, 0.15) is 0 Å². The standard InChI is InChI=1S/C13H18F2N2O/c1-4-5-8(2)17(3)13(18)9-6-10(14)11(15)7-12(9)16/h6-8H,4-5,16H2,1-3H3. The molecule has 3 nitrogen and oxygen atoms in total. The SMILES string of the molecule is CCCC(C)N(C)C(=O)c1cc(F)c(F)cc1N. The average Bonchev–Trinajstić information content (AvgIpc) is 2.32. The van der Waals surface area contributed by atoms with Crippen LogP contribution >= 0.6 is 0 Å². The first-order chi connectivity index (χ1) is 8.38. The van der Waals surface area contributed by atoms with Crippen LogP contribution in [0.4, 0.5) is 14.5 Å².